The number of rotatable bonds is 8. The molecule has 0 amide bonds. The lowest BCUT2D eigenvalue weighted by molar-refractivity contribution is -0.147. The normalized spacial score (nSPS) is 10.5. The molecule has 156 valence electrons. The van der Waals surface area contributed by atoms with E-state index in [1.165, 1.54) is 0 Å². The first kappa shape index (κ1) is 20.2. The Hall–Kier alpha value is -4.13. The molecular weight excluding hydrogens is 394 g/mol. The Morgan fingerprint density at radius 3 is 2.29 bits per heavy atom. The largest absolute Gasteiger partial charge is 0.495 e. The summed E-state index contributed by atoms with van der Waals surface area (Å²) in [7, 11) is 1.59. The van der Waals surface area contributed by atoms with Gasteiger partial charge in [-0.2, -0.15) is 0 Å². The quantitative estimate of drug-likeness (QED) is 0.404. The van der Waals surface area contributed by atoms with Crippen LogP contribution in [0, 0.1) is 0 Å². The van der Waals surface area contributed by atoms with Gasteiger partial charge in [0.05, 0.1) is 12.8 Å². The van der Waals surface area contributed by atoms with Gasteiger partial charge in [0, 0.05) is 5.56 Å². The highest BCUT2D eigenvalue weighted by atomic mass is 16.6. The maximum atomic E-state index is 12.2. The molecule has 0 aliphatic heterocycles. The second-order valence-electron chi connectivity index (χ2n) is 6.61. The van der Waals surface area contributed by atoms with Crippen molar-refractivity contribution >= 4 is 5.97 Å². The van der Waals surface area contributed by atoms with Gasteiger partial charge < -0.3 is 14.2 Å². The number of ether oxygens (including phenoxy) is 3. The van der Waals surface area contributed by atoms with Gasteiger partial charge in [-0.1, -0.05) is 77.9 Å². The van der Waals surface area contributed by atoms with E-state index in [-0.39, 0.29) is 19.2 Å². The van der Waals surface area contributed by atoms with Crippen LogP contribution in [0.15, 0.2) is 84.9 Å². The summed E-state index contributed by atoms with van der Waals surface area (Å²) in [5, 5.41) is 8.45. The molecule has 1 heterocycles. The number of hydrogen-bond acceptors (Lipinski definition) is 6. The first-order valence-corrected chi connectivity index (χ1v) is 9.73. The molecule has 0 spiro atoms. The minimum absolute atomic E-state index is 0.167. The van der Waals surface area contributed by atoms with Crippen LogP contribution in [0.5, 0.6) is 11.8 Å². The Balaban J connectivity index is 1.57. The van der Waals surface area contributed by atoms with Gasteiger partial charge >= 0.3 is 12.0 Å². The third-order valence-electron chi connectivity index (χ3n) is 4.55. The second-order valence-corrected chi connectivity index (χ2v) is 6.61. The van der Waals surface area contributed by atoms with Crippen LogP contribution in [0.1, 0.15) is 5.56 Å². The Labute approximate surface area is 179 Å². The van der Waals surface area contributed by atoms with Crippen molar-refractivity contribution in [2.24, 2.45) is 0 Å². The highest BCUT2D eigenvalue weighted by Crippen LogP contribution is 2.31. The maximum absolute atomic E-state index is 12.2. The molecule has 0 atom stereocenters. The molecule has 0 radical (unpaired) electrons. The van der Waals surface area contributed by atoms with Crippen LogP contribution in [-0.2, 0) is 16.1 Å². The van der Waals surface area contributed by atoms with Gasteiger partial charge in [-0.05, 0) is 17.7 Å². The fourth-order valence-electron chi connectivity index (χ4n) is 3.07. The second kappa shape index (κ2) is 9.58. The summed E-state index contributed by atoms with van der Waals surface area (Å²) in [6.45, 7) is -0.119. The molecule has 0 aliphatic rings. The standard InChI is InChI=1S/C24H21N3O4/c1-29-21-15-9-8-14-20(21)27-23(19-12-6-3-7-13-19)25-26-24(27)31-17-22(28)30-16-18-10-4-2-5-11-18/h2-15H,16-17H2,1H3. The highest BCUT2D eigenvalue weighted by Gasteiger charge is 2.20. The lowest BCUT2D eigenvalue weighted by Gasteiger charge is -2.14. The molecule has 0 saturated heterocycles. The Bertz CT molecular complexity index is 1140. The molecule has 0 fully saturated rings. The van der Waals surface area contributed by atoms with Crippen molar-refractivity contribution in [3.05, 3.63) is 90.5 Å². The summed E-state index contributed by atoms with van der Waals surface area (Å²) in [6, 6.07) is 26.7. The highest BCUT2D eigenvalue weighted by molar-refractivity contribution is 5.71. The number of hydrogen-bond donors (Lipinski definition) is 0. The fraction of sp³-hybridized carbons (Fsp3) is 0.125. The molecular formula is C24H21N3O4. The zero-order valence-electron chi connectivity index (χ0n) is 17.0. The van der Waals surface area contributed by atoms with Gasteiger partial charge in [-0.15, -0.1) is 5.10 Å². The van der Waals surface area contributed by atoms with Crippen molar-refractivity contribution in [1.82, 2.24) is 14.8 Å². The van der Waals surface area contributed by atoms with E-state index in [9.17, 15) is 4.79 Å². The van der Waals surface area contributed by atoms with E-state index >= 15 is 0 Å². The number of benzene rings is 3. The minimum Gasteiger partial charge on any atom is -0.495 e. The summed E-state index contributed by atoms with van der Waals surface area (Å²) < 4.78 is 18.2. The lowest BCUT2D eigenvalue weighted by Crippen LogP contribution is -2.16. The Morgan fingerprint density at radius 2 is 1.55 bits per heavy atom. The van der Waals surface area contributed by atoms with Gasteiger partial charge in [-0.3, -0.25) is 0 Å². The minimum atomic E-state index is -0.500. The van der Waals surface area contributed by atoms with Crippen molar-refractivity contribution in [3.8, 4) is 28.8 Å². The zero-order chi connectivity index (χ0) is 21.5. The van der Waals surface area contributed by atoms with Gasteiger partial charge in [0.2, 0.25) is 0 Å². The topological polar surface area (TPSA) is 75.5 Å². The summed E-state index contributed by atoms with van der Waals surface area (Å²) in [5.74, 6) is 0.688. The zero-order valence-corrected chi connectivity index (χ0v) is 17.0. The van der Waals surface area contributed by atoms with Gasteiger partial charge in [0.25, 0.3) is 0 Å². The van der Waals surface area contributed by atoms with E-state index in [0.29, 0.717) is 17.3 Å². The predicted octanol–water partition coefficient (Wildman–Crippen LogP) is 4.07. The van der Waals surface area contributed by atoms with Crippen LogP contribution < -0.4 is 9.47 Å². The number of carbonyl (C=O) groups is 1. The van der Waals surface area contributed by atoms with E-state index in [1.807, 2.05) is 84.9 Å². The van der Waals surface area contributed by atoms with Crippen molar-refractivity contribution in [2.75, 3.05) is 13.7 Å². The lowest BCUT2D eigenvalue weighted by atomic mass is 10.2. The Kier molecular flexibility index (Phi) is 6.23. The summed E-state index contributed by atoms with van der Waals surface area (Å²) in [6.07, 6.45) is 0. The van der Waals surface area contributed by atoms with Crippen LogP contribution in [0.3, 0.4) is 0 Å². The molecule has 7 nitrogen and oxygen atoms in total. The van der Waals surface area contributed by atoms with Crippen LogP contribution >= 0.6 is 0 Å². The van der Waals surface area contributed by atoms with Crippen molar-refractivity contribution in [3.63, 3.8) is 0 Å². The van der Waals surface area contributed by atoms with Gasteiger partial charge in [0.1, 0.15) is 12.4 Å². The number of para-hydroxylation sites is 2. The first-order valence-electron chi connectivity index (χ1n) is 9.73. The number of esters is 1. The summed E-state index contributed by atoms with van der Waals surface area (Å²) >= 11 is 0. The smallest absolute Gasteiger partial charge is 0.344 e. The van der Waals surface area contributed by atoms with Crippen LogP contribution in [0.25, 0.3) is 17.1 Å². The molecule has 31 heavy (non-hydrogen) atoms. The third kappa shape index (κ3) is 4.72. The molecule has 4 rings (SSSR count). The van der Waals surface area contributed by atoms with Crippen molar-refractivity contribution in [1.29, 1.82) is 0 Å². The van der Waals surface area contributed by atoms with E-state index in [2.05, 4.69) is 10.2 Å². The first-order chi connectivity index (χ1) is 15.3. The summed E-state index contributed by atoms with van der Waals surface area (Å²) in [4.78, 5) is 12.2. The number of nitrogens with zero attached hydrogens (tertiary/aromatic N) is 3. The fourth-order valence-corrected chi connectivity index (χ4v) is 3.07. The van der Waals surface area contributed by atoms with Gasteiger partial charge in [0.15, 0.2) is 12.4 Å². The summed E-state index contributed by atoms with van der Waals surface area (Å²) in [5.41, 5.74) is 2.45. The Morgan fingerprint density at radius 1 is 0.871 bits per heavy atom. The van der Waals surface area contributed by atoms with Crippen molar-refractivity contribution in [2.45, 2.75) is 6.61 Å². The van der Waals surface area contributed by atoms with E-state index < -0.39 is 5.97 Å². The van der Waals surface area contributed by atoms with E-state index in [1.54, 1.807) is 11.7 Å². The molecule has 3 aromatic carbocycles. The molecule has 1 aromatic heterocycles. The monoisotopic (exact) mass is 415 g/mol. The molecule has 4 aromatic rings. The molecule has 0 aliphatic carbocycles. The third-order valence-corrected chi connectivity index (χ3v) is 4.55. The molecule has 0 bridgehead atoms. The van der Waals surface area contributed by atoms with Crippen molar-refractivity contribution < 1.29 is 19.0 Å². The van der Waals surface area contributed by atoms with Crippen LogP contribution in [-0.4, -0.2) is 34.5 Å². The van der Waals surface area contributed by atoms with E-state index in [4.69, 9.17) is 14.2 Å². The predicted molar refractivity (Wildman–Crippen MR) is 115 cm³/mol. The van der Waals surface area contributed by atoms with Crippen LogP contribution in [0.2, 0.25) is 0 Å². The number of aromatic nitrogens is 3. The van der Waals surface area contributed by atoms with E-state index in [0.717, 1.165) is 11.1 Å². The molecule has 0 unspecified atom stereocenters. The SMILES string of the molecule is COc1ccccc1-n1c(OCC(=O)OCc2ccccc2)nnc1-c1ccccc1. The maximum Gasteiger partial charge on any atom is 0.344 e. The average Bonchev–Trinajstić information content (AvgIpc) is 3.26. The average molecular weight is 415 g/mol. The van der Waals surface area contributed by atoms with Crippen LogP contribution in [0.4, 0.5) is 0 Å². The number of carbonyl (C=O) groups excluding carboxylic acids is 1. The molecule has 0 N–H and O–H groups in total. The molecule has 7 heteroatoms. The van der Waals surface area contributed by atoms with Gasteiger partial charge in [-0.25, -0.2) is 9.36 Å². The molecule has 0 saturated carbocycles. The number of methoxy groups -OCH3 is 1.